The van der Waals surface area contributed by atoms with Gasteiger partial charge < -0.3 is 5.11 Å². The lowest BCUT2D eigenvalue weighted by Gasteiger charge is -2.30. The average Bonchev–Trinajstić information content (AvgIpc) is 2.55. The van der Waals surface area contributed by atoms with Gasteiger partial charge in [0.2, 0.25) is 0 Å². The molecule has 0 bridgehead atoms. The maximum atomic E-state index is 10.8. The zero-order chi connectivity index (χ0) is 15.5. The number of benzene rings is 2. The van der Waals surface area contributed by atoms with Gasteiger partial charge in [-0.25, -0.2) is 0 Å². The lowest BCUT2D eigenvalue weighted by Crippen LogP contribution is -2.33. The predicted octanol–water partition coefficient (Wildman–Crippen LogP) is 2.69. The highest BCUT2D eigenvalue weighted by Crippen LogP contribution is 2.23. The van der Waals surface area contributed by atoms with E-state index in [-0.39, 0.29) is 5.69 Å². The van der Waals surface area contributed by atoms with Crippen LogP contribution in [-0.4, -0.2) is 28.0 Å². The van der Waals surface area contributed by atoms with E-state index in [9.17, 15) is 15.2 Å². The molecule has 0 fully saturated rings. The topological polar surface area (TPSA) is 66.6 Å². The van der Waals surface area contributed by atoms with E-state index in [0.717, 1.165) is 19.5 Å². The number of non-ortho nitro benzene ring substituents is 1. The van der Waals surface area contributed by atoms with Gasteiger partial charge in [0.15, 0.2) is 0 Å². The van der Waals surface area contributed by atoms with Crippen LogP contribution < -0.4 is 0 Å². The number of aliphatic hydroxyl groups is 1. The normalized spacial score (nSPS) is 16.0. The van der Waals surface area contributed by atoms with E-state index in [1.54, 1.807) is 12.1 Å². The van der Waals surface area contributed by atoms with Crippen molar-refractivity contribution in [3.8, 4) is 0 Å². The molecule has 5 nitrogen and oxygen atoms in total. The van der Waals surface area contributed by atoms with Crippen molar-refractivity contribution in [1.29, 1.82) is 0 Å². The van der Waals surface area contributed by atoms with Crippen LogP contribution in [0.25, 0.3) is 0 Å². The van der Waals surface area contributed by atoms with Gasteiger partial charge in [0.05, 0.1) is 11.0 Å². The van der Waals surface area contributed by atoms with Crippen molar-refractivity contribution in [2.45, 2.75) is 19.1 Å². The number of β-amino-alcohol motifs (C(OH)–C–C–N with tert-alkyl or cyclic N) is 1. The van der Waals surface area contributed by atoms with Gasteiger partial charge in [-0.15, -0.1) is 0 Å². The third-order valence-electron chi connectivity index (χ3n) is 4.11. The van der Waals surface area contributed by atoms with Gasteiger partial charge in [0.25, 0.3) is 5.69 Å². The number of hydrogen-bond acceptors (Lipinski definition) is 4. The molecule has 0 aliphatic carbocycles. The first-order chi connectivity index (χ1) is 10.6. The molecular weight excluding hydrogens is 280 g/mol. The minimum Gasteiger partial charge on any atom is -0.387 e. The Kier molecular flexibility index (Phi) is 4.18. The monoisotopic (exact) mass is 298 g/mol. The molecule has 114 valence electrons. The Morgan fingerprint density at radius 3 is 2.73 bits per heavy atom. The Morgan fingerprint density at radius 1 is 1.18 bits per heavy atom. The van der Waals surface area contributed by atoms with Crippen molar-refractivity contribution in [2.24, 2.45) is 0 Å². The van der Waals surface area contributed by atoms with Gasteiger partial charge in [-0.05, 0) is 23.1 Å². The molecule has 0 aromatic heterocycles. The third kappa shape index (κ3) is 3.16. The summed E-state index contributed by atoms with van der Waals surface area (Å²) >= 11 is 0. The molecule has 2 aromatic rings. The molecule has 0 saturated carbocycles. The van der Waals surface area contributed by atoms with E-state index in [2.05, 4.69) is 17.0 Å². The zero-order valence-electron chi connectivity index (χ0n) is 12.2. The molecule has 0 saturated heterocycles. The van der Waals surface area contributed by atoms with Crippen molar-refractivity contribution in [3.05, 3.63) is 75.3 Å². The first kappa shape index (κ1) is 14.7. The van der Waals surface area contributed by atoms with Crippen molar-refractivity contribution in [2.75, 3.05) is 13.1 Å². The molecule has 1 aliphatic rings. The van der Waals surface area contributed by atoms with Gasteiger partial charge >= 0.3 is 0 Å². The van der Waals surface area contributed by atoms with E-state index in [0.29, 0.717) is 12.1 Å². The number of aliphatic hydroxyl groups excluding tert-OH is 1. The van der Waals surface area contributed by atoms with E-state index in [1.807, 2.05) is 12.1 Å². The van der Waals surface area contributed by atoms with Crippen LogP contribution in [0.3, 0.4) is 0 Å². The van der Waals surface area contributed by atoms with Crippen molar-refractivity contribution in [1.82, 2.24) is 4.90 Å². The van der Waals surface area contributed by atoms with E-state index < -0.39 is 11.0 Å². The summed E-state index contributed by atoms with van der Waals surface area (Å²) in [5.74, 6) is 0. The number of fused-ring (bicyclic) bond motifs is 1. The van der Waals surface area contributed by atoms with Crippen LogP contribution in [0.5, 0.6) is 0 Å². The van der Waals surface area contributed by atoms with E-state index >= 15 is 0 Å². The van der Waals surface area contributed by atoms with Crippen LogP contribution in [0.2, 0.25) is 0 Å². The second-order valence-corrected chi connectivity index (χ2v) is 5.62. The Morgan fingerprint density at radius 2 is 1.95 bits per heavy atom. The molecule has 5 heteroatoms. The third-order valence-corrected chi connectivity index (χ3v) is 4.11. The van der Waals surface area contributed by atoms with Crippen molar-refractivity contribution >= 4 is 5.69 Å². The molecule has 0 amide bonds. The van der Waals surface area contributed by atoms with Crippen LogP contribution in [-0.2, 0) is 13.0 Å². The second-order valence-electron chi connectivity index (χ2n) is 5.62. The van der Waals surface area contributed by atoms with Crippen LogP contribution in [0.1, 0.15) is 22.8 Å². The standard InChI is InChI=1S/C17H18N2O3/c20-17(14-6-3-7-16(10-14)19(21)22)12-18-9-8-13-4-1-2-5-15(13)11-18/h1-7,10,17,20H,8-9,11-12H2. The molecule has 1 atom stereocenters. The van der Waals surface area contributed by atoms with Crippen molar-refractivity contribution < 1.29 is 10.0 Å². The highest BCUT2D eigenvalue weighted by Gasteiger charge is 2.20. The SMILES string of the molecule is O=[N+]([O-])c1cccc(C(O)CN2CCc3ccccc3C2)c1. The summed E-state index contributed by atoms with van der Waals surface area (Å²) in [6.45, 7) is 2.18. The number of hydrogen-bond donors (Lipinski definition) is 1. The summed E-state index contributed by atoms with van der Waals surface area (Å²) in [6.07, 6.45) is 0.253. The molecular formula is C17H18N2O3. The maximum absolute atomic E-state index is 10.8. The molecule has 0 radical (unpaired) electrons. The summed E-state index contributed by atoms with van der Waals surface area (Å²) < 4.78 is 0. The van der Waals surface area contributed by atoms with Crippen molar-refractivity contribution in [3.63, 3.8) is 0 Å². The summed E-state index contributed by atoms with van der Waals surface area (Å²) in [7, 11) is 0. The average molecular weight is 298 g/mol. The number of nitrogens with zero attached hydrogens (tertiary/aromatic N) is 2. The molecule has 1 N–H and O–H groups in total. The molecule has 1 heterocycles. The number of nitro groups is 1. The number of nitro benzene ring substituents is 1. The number of rotatable bonds is 4. The van der Waals surface area contributed by atoms with E-state index in [1.165, 1.54) is 23.3 Å². The highest BCUT2D eigenvalue weighted by molar-refractivity contribution is 5.35. The maximum Gasteiger partial charge on any atom is 0.269 e. The fourth-order valence-corrected chi connectivity index (χ4v) is 2.91. The largest absolute Gasteiger partial charge is 0.387 e. The van der Waals surface area contributed by atoms with Gasteiger partial charge in [0, 0.05) is 31.8 Å². The Balaban J connectivity index is 1.69. The molecule has 2 aromatic carbocycles. The molecule has 3 rings (SSSR count). The Bertz CT molecular complexity index is 687. The second kappa shape index (κ2) is 6.25. The summed E-state index contributed by atoms with van der Waals surface area (Å²) in [5.41, 5.74) is 3.26. The van der Waals surface area contributed by atoms with Gasteiger partial charge in [-0.1, -0.05) is 36.4 Å². The first-order valence-electron chi connectivity index (χ1n) is 7.35. The smallest absolute Gasteiger partial charge is 0.269 e. The van der Waals surface area contributed by atoms with Crippen LogP contribution in [0.15, 0.2) is 48.5 Å². The summed E-state index contributed by atoms with van der Waals surface area (Å²) in [4.78, 5) is 12.6. The van der Waals surface area contributed by atoms with Crippen LogP contribution >= 0.6 is 0 Å². The predicted molar refractivity (Wildman–Crippen MR) is 83.5 cm³/mol. The van der Waals surface area contributed by atoms with Gasteiger partial charge in [0.1, 0.15) is 0 Å². The lowest BCUT2D eigenvalue weighted by molar-refractivity contribution is -0.385. The van der Waals surface area contributed by atoms with E-state index in [4.69, 9.17) is 0 Å². The molecule has 1 aliphatic heterocycles. The quantitative estimate of drug-likeness (QED) is 0.696. The Hall–Kier alpha value is -2.24. The Labute approximate surface area is 129 Å². The highest BCUT2D eigenvalue weighted by atomic mass is 16.6. The van der Waals surface area contributed by atoms with Gasteiger partial charge in [-0.2, -0.15) is 0 Å². The zero-order valence-corrected chi connectivity index (χ0v) is 12.2. The van der Waals surface area contributed by atoms with Gasteiger partial charge in [-0.3, -0.25) is 15.0 Å². The molecule has 22 heavy (non-hydrogen) atoms. The fraction of sp³-hybridized carbons (Fsp3) is 0.294. The fourth-order valence-electron chi connectivity index (χ4n) is 2.91. The minimum atomic E-state index is -0.717. The lowest BCUT2D eigenvalue weighted by atomic mass is 9.99. The minimum absolute atomic E-state index is 0.0144. The van der Waals surface area contributed by atoms with Crippen LogP contribution in [0.4, 0.5) is 5.69 Å². The van der Waals surface area contributed by atoms with Crippen LogP contribution in [0, 0.1) is 10.1 Å². The molecule has 1 unspecified atom stereocenters. The summed E-state index contributed by atoms with van der Waals surface area (Å²) in [5, 5.41) is 21.2. The summed E-state index contributed by atoms with van der Waals surface area (Å²) in [6, 6.07) is 14.6. The first-order valence-corrected chi connectivity index (χ1v) is 7.35. The molecule has 0 spiro atoms.